The summed E-state index contributed by atoms with van der Waals surface area (Å²) in [7, 11) is 1.40. The van der Waals surface area contributed by atoms with Crippen molar-refractivity contribution < 1.29 is 14.4 Å². The molecule has 0 aliphatic carbocycles. The number of likely N-dealkylation sites (tertiary alicyclic amines) is 1. The lowest BCUT2D eigenvalue weighted by Crippen LogP contribution is -2.52. The Labute approximate surface area is 120 Å². The van der Waals surface area contributed by atoms with Crippen molar-refractivity contribution in [3.8, 4) is 0 Å². The fourth-order valence-corrected chi connectivity index (χ4v) is 2.18. The maximum absolute atomic E-state index is 12.1. The third-order valence-electron chi connectivity index (χ3n) is 3.21. The van der Waals surface area contributed by atoms with E-state index in [9.17, 15) is 14.4 Å². The lowest BCUT2D eigenvalue weighted by Gasteiger charge is -2.28. The molecule has 1 heterocycles. The predicted octanol–water partition coefficient (Wildman–Crippen LogP) is 0.799. The average Bonchev–Trinajstić information content (AvgIpc) is 2.42. The van der Waals surface area contributed by atoms with Crippen molar-refractivity contribution in [3.05, 3.63) is 28.8 Å². The fourth-order valence-electron chi connectivity index (χ4n) is 2.01. The minimum atomic E-state index is -0.719. The SMILES string of the molecule is CN1C(=O)CCC(NC(=O)c2cc(Cl)ccc2N)C1=O. The summed E-state index contributed by atoms with van der Waals surface area (Å²) < 4.78 is 0. The van der Waals surface area contributed by atoms with Crippen LogP contribution in [-0.4, -0.2) is 35.7 Å². The third kappa shape index (κ3) is 2.75. The van der Waals surface area contributed by atoms with Crippen molar-refractivity contribution >= 4 is 35.0 Å². The molecule has 1 saturated heterocycles. The topological polar surface area (TPSA) is 92.5 Å². The van der Waals surface area contributed by atoms with Gasteiger partial charge < -0.3 is 11.1 Å². The maximum Gasteiger partial charge on any atom is 0.254 e. The molecular formula is C13H14ClN3O3. The van der Waals surface area contributed by atoms with Crippen molar-refractivity contribution in [2.75, 3.05) is 12.8 Å². The van der Waals surface area contributed by atoms with Gasteiger partial charge in [-0.15, -0.1) is 0 Å². The second kappa shape index (κ2) is 5.50. The first-order chi connectivity index (χ1) is 9.40. The molecule has 1 unspecified atom stereocenters. The first-order valence-electron chi connectivity index (χ1n) is 6.06. The predicted molar refractivity (Wildman–Crippen MR) is 74.1 cm³/mol. The number of benzene rings is 1. The van der Waals surface area contributed by atoms with E-state index in [1.807, 2.05) is 0 Å². The Morgan fingerprint density at radius 3 is 2.85 bits per heavy atom. The minimum Gasteiger partial charge on any atom is -0.398 e. The Morgan fingerprint density at radius 1 is 1.45 bits per heavy atom. The van der Waals surface area contributed by atoms with E-state index in [-0.39, 0.29) is 30.0 Å². The first kappa shape index (κ1) is 14.3. The molecule has 1 aromatic carbocycles. The number of anilines is 1. The summed E-state index contributed by atoms with van der Waals surface area (Å²) in [5.41, 5.74) is 6.20. The van der Waals surface area contributed by atoms with E-state index >= 15 is 0 Å². The highest BCUT2D eigenvalue weighted by atomic mass is 35.5. The van der Waals surface area contributed by atoms with Crippen LogP contribution in [0.1, 0.15) is 23.2 Å². The van der Waals surface area contributed by atoms with Crippen LogP contribution in [0.3, 0.4) is 0 Å². The zero-order valence-electron chi connectivity index (χ0n) is 10.9. The lowest BCUT2D eigenvalue weighted by molar-refractivity contribution is -0.147. The summed E-state index contributed by atoms with van der Waals surface area (Å²) in [6.45, 7) is 0. The second-order valence-corrected chi connectivity index (χ2v) is 5.02. The quantitative estimate of drug-likeness (QED) is 0.623. The van der Waals surface area contributed by atoms with Gasteiger partial charge in [-0.05, 0) is 24.6 Å². The molecule has 1 aliphatic rings. The van der Waals surface area contributed by atoms with Crippen LogP contribution in [-0.2, 0) is 9.59 Å². The summed E-state index contributed by atoms with van der Waals surface area (Å²) >= 11 is 5.82. The number of nitrogens with zero attached hydrogens (tertiary/aromatic N) is 1. The number of nitrogens with one attached hydrogen (secondary N) is 1. The number of nitrogen functional groups attached to an aromatic ring is 1. The number of likely N-dealkylation sites (N-methyl/N-ethyl adjacent to an activating group) is 1. The van der Waals surface area contributed by atoms with Gasteiger partial charge in [-0.1, -0.05) is 11.6 Å². The highest BCUT2D eigenvalue weighted by molar-refractivity contribution is 6.31. The summed E-state index contributed by atoms with van der Waals surface area (Å²) in [6, 6.07) is 3.82. The number of rotatable bonds is 2. The first-order valence-corrected chi connectivity index (χ1v) is 6.44. The molecule has 3 N–H and O–H groups in total. The Hall–Kier alpha value is -2.08. The number of piperidine rings is 1. The van der Waals surface area contributed by atoms with Crippen molar-refractivity contribution in [1.29, 1.82) is 0 Å². The molecule has 1 fully saturated rings. The van der Waals surface area contributed by atoms with Crippen LogP contribution in [0.2, 0.25) is 5.02 Å². The summed E-state index contributed by atoms with van der Waals surface area (Å²) in [4.78, 5) is 36.4. The number of hydrogen-bond donors (Lipinski definition) is 2. The summed E-state index contributed by atoms with van der Waals surface area (Å²) in [6.07, 6.45) is 0.506. The normalized spacial score (nSPS) is 19.1. The molecule has 0 radical (unpaired) electrons. The summed E-state index contributed by atoms with van der Waals surface area (Å²) in [5, 5.41) is 2.96. The molecule has 1 aromatic rings. The number of carbonyl (C=O) groups is 3. The van der Waals surface area contributed by atoms with E-state index in [0.717, 1.165) is 4.90 Å². The standard InChI is InChI=1S/C13H14ClN3O3/c1-17-11(18)5-4-10(13(17)20)16-12(19)8-6-7(14)2-3-9(8)15/h2-3,6,10H,4-5,15H2,1H3,(H,16,19). The van der Waals surface area contributed by atoms with Gasteiger partial charge >= 0.3 is 0 Å². The van der Waals surface area contributed by atoms with E-state index in [1.165, 1.54) is 19.2 Å². The van der Waals surface area contributed by atoms with E-state index in [1.54, 1.807) is 6.07 Å². The van der Waals surface area contributed by atoms with E-state index in [2.05, 4.69) is 5.32 Å². The van der Waals surface area contributed by atoms with Crippen molar-refractivity contribution in [2.24, 2.45) is 0 Å². The monoisotopic (exact) mass is 295 g/mol. The van der Waals surface area contributed by atoms with Crippen LogP contribution in [0.25, 0.3) is 0 Å². The smallest absolute Gasteiger partial charge is 0.254 e. The van der Waals surface area contributed by atoms with Gasteiger partial charge in [0, 0.05) is 24.2 Å². The molecular weight excluding hydrogens is 282 g/mol. The van der Waals surface area contributed by atoms with Gasteiger partial charge in [-0.25, -0.2) is 0 Å². The molecule has 0 saturated carbocycles. The molecule has 106 valence electrons. The van der Waals surface area contributed by atoms with Crippen LogP contribution in [0.4, 0.5) is 5.69 Å². The minimum absolute atomic E-state index is 0.213. The zero-order valence-corrected chi connectivity index (χ0v) is 11.6. The number of imide groups is 1. The van der Waals surface area contributed by atoms with Crippen molar-refractivity contribution in [1.82, 2.24) is 10.2 Å². The molecule has 3 amide bonds. The molecule has 1 aliphatic heterocycles. The molecule has 7 heteroatoms. The third-order valence-corrected chi connectivity index (χ3v) is 3.45. The Balaban J connectivity index is 2.14. The van der Waals surface area contributed by atoms with E-state index < -0.39 is 17.9 Å². The number of amides is 3. The van der Waals surface area contributed by atoms with Crippen LogP contribution in [0.5, 0.6) is 0 Å². The zero-order chi connectivity index (χ0) is 14.9. The molecule has 0 spiro atoms. The van der Waals surface area contributed by atoms with Gasteiger partial charge in [0.2, 0.25) is 5.91 Å². The fraction of sp³-hybridized carbons (Fsp3) is 0.308. The summed E-state index contributed by atoms with van der Waals surface area (Å²) in [5.74, 6) is -1.15. The highest BCUT2D eigenvalue weighted by Gasteiger charge is 2.33. The average molecular weight is 296 g/mol. The van der Waals surface area contributed by atoms with Gasteiger partial charge in [0.05, 0.1) is 5.56 Å². The second-order valence-electron chi connectivity index (χ2n) is 4.59. The molecule has 6 nitrogen and oxygen atoms in total. The van der Waals surface area contributed by atoms with E-state index in [0.29, 0.717) is 5.02 Å². The Morgan fingerprint density at radius 2 is 2.15 bits per heavy atom. The maximum atomic E-state index is 12.1. The van der Waals surface area contributed by atoms with Crippen LogP contribution in [0.15, 0.2) is 18.2 Å². The van der Waals surface area contributed by atoms with Gasteiger partial charge in [-0.2, -0.15) is 0 Å². The molecule has 1 atom stereocenters. The van der Waals surface area contributed by atoms with Gasteiger partial charge in [-0.3, -0.25) is 19.3 Å². The number of carbonyl (C=O) groups excluding carboxylic acids is 3. The molecule has 2 rings (SSSR count). The number of halogens is 1. The highest BCUT2D eigenvalue weighted by Crippen LogP contribution is 2.19. The van der Waals surface area contributed by atoms with Gasteiger partial charge in [0.15, 0.2) is 0 Å². The largest absolute Gasteiger partial charge is 0.398 e. The van der Waals surface area contributed by atoms with Gasteiger partial charge in [0.1, 0.15) is 6.04 Å². The van der Waals surface area contributed by atoms with Crippen molar-refractivity contribution in [2.45, 2.75) is 18.9 Å². The van der Waals surface area contributed by atoms with Crippen molar-refractivity contribution in [3.63, 3.8) is 0 Å². The van der Waals surface area contributed by atoms with Crippen LogP contribution < -0.4 is 11.1 Å². The number of hydrogen-bond acceptors (Lipinski definition) is 4. The van der Waals surface area contributed by atoms with Crippen LogP contribution in [0, 0.1) is 0 Å². The Kier molecular flexibility index (Phi) is 3.94. The van der Waals surface area contributed by atoms with Gasteiger partial charge in [0.25, 0.3) is 11.8 Å². The lowest BCUT2D eigenvalue weighted by atomic mass is 10.0. The molecule has 20 heavy (non-hydrogen) atoms. The molecule has 0 bridgehead atoms. The van der Waals surface area contributed by atoms with Crippen LogP contribution >= 0.6 is 11.6 Å². The molecule has 0 aromatic heterocycles. The van der Waals surface area contributed by atoms with E-state index in [4.69, 9.17) is 17.3 Å². The Bertz CT molecular complexity index is 588. The number of nitrogens with two attached hydrogens (primary N) is 1.